The van der Waals surface area contributed by atoms with Gasteiger partial charge in [0.25, 0.3) is 0 Å². The van der Waals surface area contributed by atoms with Crippen LogP contribution >= 0.6 is 0 Å². The number of likely N-dealkylation sites (N-methyl/N-ethyl adjacent to an activating group) is 4. The van der Waals surface area contributed by atoms with Gasteiger partial charge in [-0.05, 0) is 78.0 Å². The molecule has 4 atom stereocenters. The van der Waals surface area contributed by atoms with Gasteiger partial charge in [0.2, 0.25) is 23.6 Å². The highest BCUT2D eigenvalue weighted by Crippen LogP contribution is 2.36. The number of carbonyl (C=O) groups is 8. The molecule has 4 amide bonds. The molecule has 80 heavy (non-hydrogen) atoms. The molecule has 0 spiro atoms. The first-order valence-electron chi connectivity index (χ1n) is 29.3. The van der Waals surface area contributed by atoms with Crippen molar-refractivity contribution in [3.8, 4) is 0 Å². The Kier molecular flexibility index (Phi) is 36.8. The van der Waals surface area contributed by atoms with Crippen LogP contribution in [0.15, 0.2) is 0 Å². The van der Waals surface area contributed by atoms with Crippen LogP contribution in [0, 0.1) is 55.2 Å². The van der Waals surface area contributed by atoms with Crippen molar-refractivity contribution in [2.75, 3.05) is 95.6 Å². The molecule has 0 radical (unpaired) electrons. The van der Waals surface area contributed by atoms with Crippen LogP contribution in [0.25, 0.3) is 0 Å². The topological polar surface area (TPSA) is 198 Å². The van der Waals surface area contributed by atoms with Gasteiger partial charge in [0.05, 0.1) is 0 Å². The summed E-state index contributed by atoms with van der Waals surface area (Å²) in [6.45, 7) is 51.9. The van der Waals surface area contributed by atoms with Crippen LogP contribution in [-0.2, 0) is 38.4 Å². The van der Waals surface area contributed by atoms with Crippen molar-refractivity contribution in [1.29, 1.82) is 0 Å². The summed E-state index contributed by atoms with van der Waals surface area (Å²) < 4.78 is 0. The zero-order valence-corrected chi connectivity index (χ0v) is 57.8. The summed E-state index contributed by atoms with van der Waals surface area (Å²) in [5.41, 5.74) is -1.88. The first-order valence-corrected chi connectivity index (χ1v) is 29.3. The number of rotatable bonds is 24. The molecule has 0 rings (SSSR count). The Hall–Kier alpha value is -3.60. The van der Waals surface area contributed by atoms with Gasteiger partial charge < -0.3 is 40.9 Å². The Balaban J connectivity index is -0.000000481. The number of amides is 4. The number of hydrogen-bond donors (Lipinski definition) is 4. The lowest BCUT2D eigenvalue weighted by Gasteiger charge is -2.36. The maximum atomic E-state index is 12.5. The molecule has 0 aromatic rings. The zero-order chi connectivity index (χ0) is 64.6. The van der Waals surface area contributed by atoms with E-state index in [2.05, 4.69) is 72.6 Å². The molecule has 0 aliphatic heterocycles. The Bertz CT molecular complexity index is 1880. The lowest BCUT2D eigenvalue weighted by Crippen LogP contribution is -2.49. The molecule has 4 N–H and O–H groups in total. The summed E-state index contributed by atoms with van der Waals surface area (Å²) in [5, 5.41) is 11.8. The fraction of sp³-hybridized carbons (Fsp3) is 0.875. The lowest BCUT2D eigenvalue weighted by atomic mass is 9.69. The van der Waals surface area contributed by atoms with E-state index in [-0.39, 0.29) is 122 Å². The average Bonchev–Trinajstić information content (AvgIpc) is 3.22. The molecule has 0 aliphatic rings. The minimum Gasteiger partial charge on any atom is -0.355 e. The number of nitrogens with one attached hydrogen (secondary N) is 4. The monoisotopic (exact) mass is 1140 g/mol. The standard InChI is InChI=1S/4C16H32N2O2/c1-15(2,3)12(14(20)16(4,5)6)11-13(19)17-9-10-18(7)8;1-15(2,3)12(11-13(19)16(4,5)6)14(20)17-9-10-18(7)8;1-15(2,3)12(11-18(7)8)17-14(20)10-9-13(19)16(4,5)6;1-15(2,3)12(18(7)8)11-17-14(20)10-9-13(19)16(4,5)6/h12H,9-11H2,1-8H3,(H,17,19);3*12H,9-11H2,1-8H3,(H,17,20). The number of nitrogens with zero attached hydrogens (tertiary/aromatic N) is 4. The lowest BCUT2D eigenvalue weighted by molar-refractivity contribution is -0.137. The van der Waals surface area contributed by atoms with Crippen molar-refractivity contribution in [3.63, 3.8) is 0 Å². The molecule has 0 heterocycles. The molecule has 0 bridgehead atoms. The Morgan fingerprint density at radius 2 is 0.762 bits per heavy atom. The van der Waals surface area contributed by atoms with Gasteiger partial charge in [-0.15, -0.1) is 0 Å². The van der Waals surface area contributed by atoms with Crippen molar-refractivity contribution in [3.05, 3.63) is 0 Å². The van der Waals surface area contributed by atoms with Crippen LogP contribution in [-0.4, -0.2) is 174 Å². The summed E-state index contributed by atoms with van der Waals surface area (Å²) in [5.74, 6) is -0.101. The number of ketones is 4. The molecule has 16 heteroatoms. The summed E-state index contributed by atoms with van der Waals surface area (Å²) in [7, 11) is 15.9. The van der Waals surface area contributed by atoms with E-state index < -0.39 is 10.8 Å². The zero-order valence-electron chi connectivity index (χ0n) is 57.8. The van der Waals surface area contributed by atoms with E-state index in [9.17, 15) is 38.4 Å². The normalized spacial score (nSPS) is 14.2. The first kappa shape index (κ1) is 82.9. The van der Waals surface area contributed by atoms with Crippen LogP contribution in [0.1, 0.15) is 205 Å². The molecule has 16 nitrogen and oxygen atoms in total. The van der Waals surface area contributed by atoms with E-state index in [1.54, 1.807) is 0 Å². The van der Waals surface area contributed by atoms with Crippen LogP contribution in [0.4, 0.5) is 0 Å². The molecule has 0 saturated heterocycles. The van der Waals surface area contributed by atoms with E-state index in [0.29, 0.717) is 38.9 Å². The fourth-order valence-electron chi connectivity index (χ4n) is 7.74. The average molecular weight is 1140 g/mol. The van der Waals surface area contributed by atoms with E-state index in [1.807, 2.05) is 191 Å². The van der Waals surface area contributed by atoms with Crippen molar-refractivity contribution < 1.29 is 38.4 Å². The predicted molar refractivity (Wildman–Crippen MR) is 334 cm³/mol. The third-order valence-electron chi connectivity index (χ3n) is 13.7. The molecular formula is C64H128N8O8. The third kappa shape index (κ3) is 40.6. The van der Waals surface area contributed by atoms with Gasteiger partial charge in [-0.2, -0.15) is 0 Å². The van der Waals surface area contributed by atoms with Crippen molar-refractivity contribution >= 4 is 46.8 Å². The first-order chi connectivity index (χ1) is 35.4. The van der Waals surface area contributed by atoms with Crippen molar-refractivity contribution in [2.45, 2.75) is 217 Å². The SMILES string of the molecule is CN(C)C(CNC(=O)CCC(=O)C(C)(C)C)C(C)(C)C.CN(C)CC(NC(=O)CCC(=O)C(C)(C)C)C(C)(C)C.CN(C)CCNC(=O)C(CC(=O)C(C)(C)C)C(C)(C)C.CN(C)CCNC(=O)CC(C(=O)C(C)(C)C)C(C)(C)C. The molecule has 0 saturated carbocycles. The molecule has 0 fully saturated rings. The van der Waals surface area contributed by atoms with Crippen molar-refractivity contribution in [1.82, 2.24) is 40.9 Å². The predicted octanol–water partition coefficient (Wildman–Crippen LogP) is 9.61. The molecule has 472 valence electrons. The van der Waals surface area contributed by atoms with Gasteiger partial charge in [0.1, 0.15) is 23.1 Å². The molecule has 4 unspecified atom stereocenters. The molecule has 0 aromatic carbocycles. The number of hydrogen-bond acceptors (Lipinski definition) is 12. The summed E-state index contributed by atoms with van der Waals surface area (Å²) in [4.78, 5) is 105. The highest BCUT2D eigenvalue weighted by Gasteiger charge is 2.39. The van der Waals surface area contributed by atoms with Crippen LogP contribution in [0.5, 0.6) is 0 Å². The van der Waals surface area contributed by atoms with E-state index in [4.69, 9.17) is 0 Å². The quantitative estimate of drug-likeness (QED) is 0.0715. The van der Waals surface area contributed by atoms with E-state index in [1.165, 1.54) is 0 Å². The van der Waals surface area contributed by atoms with E-state index >= 15 is 0 Å². The summed E-state index contributed by atoms with van der Waals surface area (Å²) in [6, 6.07) is 0.347. The van der Waals surface area contributed by atoms with Crippen LogP contribution in [0.2, 0.25) is 0 Å². The highest BCUT2D eigenvalue weighted by atomic mass is 16.2. The third-order valence-corrected chi connectivity index (χ3v) is 13.7. The maximum Gasteiger partial charge on any atom is 0.224 e. The van der Waals surface area contributed by atoms with Crippen LogP contribution in [0.3, 0.4) is 0 Å². The smallest absolute Gasteiger partial charge is 0.224 e. The second kappa shape index (κ2) is 35.5. The molecule has 0 aliphatic carbocycles. The van der Waals surface area contributed by atoms with Gasteiger partial charge in [-0.25, -0.2) is 0 Å². The van der Waals surface area contributed by atoms with Crippen LogP contribution < -0.4 is 21.3 Å². The Labute approximate surface area is 491 Å². The Morgan fingerprint density at radius 1 is 0.375 bits per heavy atom. The second-order valence-corrected chi connectivity index (χ2v) is 31.5. The molecular weight excluding hydrogens is 1010 g/mol. The number of Topliss-reactive ketones (excluding diaryl/α,β-unsaturated/α-hetero) is 4. The van der Waals surface area contributed by atoms with E-state index in [0.717, 1.165) is 19.6 Å². The summed E-state index contributed by atoms with van der Waals surface area (Å²) >= 11 is 0. The van der Waals surface area contributed by atoms with Gasteiger partial charge in [-0.3, -0.25) is 38.4 Å². The van der Waals surface area contributed by atoms with Gasteiger partial charge in [0.15, 0.2) is 0 Å². The minimum atomic E-state index is -0.415. The summed E-state index contributed by atoms with van der Waals surface area (Å²) in [6.07, 6.45) is 1.76. The second-order valence-electron chi connectivity index (χ2n) is 31.5. The number of carbonyl (C=O) groups excluding carboxylic acids is 8. The molecule has 0 aromatic heterocycles. The fourth-order valence-corrected chi connectivity index (χ4v) is 7.74. The maximum absolute atomic E-state index is 12.5. The van der Waals surface area contributed by atoms with Gasteiger partial charge >= 0.3 is 0 Å². The van der Waals surface area contributed by atoms with Gasteiger partial charge in [0, 0.05) is 123 Å². The van der Waals surface area contributed by atoms with Gasteiger partial charge in [-0.1, -0.05) is 166 Å². The Morgan fingerprint density at radius 3 is 1.07 bits per heavy atom. The van der Waals surface area contributed by atoms with Crippen molar-refractivity contribution in [2.24, 2.45) is 55.2 Å². The highest BCUT2D eigenvalue weighted by molar-refractivity contribution is 5.92. The minimum absolute atomic E-state index is 0.00599. The largest absolute Gasteiger partial charge is 0.355 e.